The first-order valence-corrected chi connectivity index (χ1v) is 20.3. The number of nitrogens with zero attached hydrogens (tertiary/aromatic N) is 3. The Morgan fingerprint density at radius 3 is 1.50 bits per heavy atom. The van der Waals surface area contributed by atoms with E-state index in [0.717, 1.165) is 22.3 Å². The zero-order chi connectivity index (χ0) is 37.0. The van der Waals surface area contributed by atoms with Crippen LogP contribution in [0.4, 0.5) is 0 Å². The molecule has 0 aliphatic heterocycles. The smallest absolute Gasteiger partial charge is 0.164 e. The summed E-state index contributed by atoms with van der Waals surface area (Å²) < 4.78 is 5.11. The average molecular weight is 750 g/mol. The summed E-state index contributed by atoms with van der Waals surface area (Å²) >= 11 is 3.70. The maximum Gasteiger partial charge on any atom is 0.164 e. The number of hydrogen-bond acceptors (Lipinski definition) is 5. The highest BCUT2D eigenvalue weighted by Gasteiger charge is 2.17. The summed E-state index contributed by atoms with van der Waals surface area (Å²) in [6, 6.07) is 66.8. The Hall–Kier alpha value is -6.79. The lowest BCUT2D eigenvalue weighted by Gasteiger charge is -2.11. The van der Waals surface area contributed by atoms with Crippen LogP contribution in [-0.2, 0) is 0 Å². The third kappa shape index (κ3) is 5.68. The molecule has 0 atom stereocenters. The van der Waals surface area contributed by atoms with Gasteiger partial charge in [0, 0.05) is 62.6 Å². The quantitative estimate of drug-likeness (QED) is 0.170. The van der Waals surface area contributed by atoms with Crippen LogP contribution in [-0.4, -0.2) is 15.0 Å². The maximum absolute atomic E-state index is 5.09. The van der Waals surface area contributed by atoms with Crippen molar-refractivity contribution in [2.45, 2.75) is 0 Å². The highest BCUT2D eigenvalue weighted by Crippen LogP contribution is 2.45. The molecule has 11 rings (SSSR count). The van der Waals surface area contributed by atoms with E-state index in [1.165, 1.54) is 68.2 Å². The third-order valence-corrected chi connectivity index (χ3v) is 12.9. The summed E-state index contributed by atoms with van der Waals surface area (Å²) in [7, 11) is 0. The molecule has 56 heavy (non-hydrogen) atoms. The van der Waals surface area contributed by atoms with Crippen LogP contribution in [0.1, 0.15) is 0 Å². The van der Waals surface area contributed by atoms with E-state index in [0.29, 0.717) is 17.5 Å². The monoisotopic (exact) mass is 749 g/mol. The van der Waals surface area contributed by atoms with Gasteiger partial charge >= 0.3 is 0 Å². The Labute approximate surface area is 331 Å². The lowest BCUT2D eigenvalue weighted by atomic mass is 9.93. The molecule has 0 radical (unpaired) electrons. The van der Waals surface area contributed by atoms with Gasteiger partial charge in [0.25, 0.3) is 0 Å². The minimum absolute atomic E-state index is 0.651. The molecule has 0 unspecified atom stereocenters. The number of thiophene rings is 2. The first-order valence-electron chi connectivity index (χ1n) is 18.7. The van der Waals surface area contributed by atoms with E-state index >= 15 is 0 Å². The number of aromatic nitrogens is 3. The Morgan fingerprint density at radius 2 is 0.732 bits per heavy atom. The van der Waals surface area contributed by atoms with Crippen LogP contribution >= 0.6 is 22.7 Å². The molecule has 0 aliphatic rings. The molecule has 3 heterocycles. The van der Waals surface area contributed by atoms with Gasteiger partial charge in [-0.3, -0.25) is 0 Å². The molecule has 0 spiro atoms. The highest BCUT2D eigenvalue weighted by atomic mass is 32.1. The summed E-state index contributed by atoms with van der Waals surface area (Å²) in [5.41, 5.74) is 10.1. The van der Waals surface area contributed by atoms with Crippen molar-refractivity contribution in [3.05, 3.63) is 188 Å². The Morgan fingerprint density at radius 1 is 0.268 bits per heavy atom. The fraction of sp³-hybridized carbons (Fsp3) is 0. The minimum atomic E-state index is 0.651. The number of rotatable bonds is 6. The number of benzene rings is 8. The van der Waals surface area contributed by atoms with Gasteiger partial charge in [0.1, 0.15) is 0 Å². The molecule has 0 saturated carbocycles. The molecule has 11 aromatic rings. The van der Waals surface area contributed by atoms with Crippen LogP contribution in [0.25, 0.3) is 108 Å². The fourth-order valence-corrected chi connectivity index (χ4v) is 10.2. The summed E-state index contributed by atoms with van der Waals surface area (Å²) in [4.78, 5) is 15.1. The van der Waals surface area contributed by atoms with Crippen molar-refractivity contribution in [2.75, 3.05) is 0 Å². The molecule has 0 fully saturated rings. The van der Waals surface area contributed by atoms with Gasteiger partial charge in [0.15, 0.2) is 17.5 Å². The molecular weight excluding hydrogens is 719 g/mol. The number of fused-ring (bicyclic) bond motifs is 6. The Bertz CT molecular complexity index is 3240. The lowest BCUT2D eigenvalue weighted by molar-refractivity contribution is 1.07. The van der Waals surface area contributed by atoms with Crippen molar-refractivity contribution in [3.8, 4) is 67.5 Å². The van der Waals surface area contributed by atoms with Crippen molar-refractivity contribution in [3.63, 3.8) is 0 Å². The van der Waals surface area contributed by atoms with Crippen LogP contribution in [0.5, 0.6) is 0 Å². The highest BCUT2D eigenvalue weighted by molar-refractivity contribution is 7.26. The third-order valence-electron chi connectivity index (χ3n) is 10.6. The largest absolute Gasteiger partial charge is 0.208 e. The van der Waals surface area contributed by atoms with Crippen LogP contribution in [0, 0.1) is 0 Å². The number of hydrogen-bond donors (Lipinski definition) is 0. The molecule has 0 bridgehead atoms. The maximum atomic E-state index is 5.09. The van der Waals surface area contributed by atoms with Gasteiger partial charge in [-0.2, -0.15) is 0 Å². The summed E-state index contributed by atoms with van der Waals surface area (Å²) in [5, 5.41) is 5.12. The minimum Gasteiger partial charge on any atom is -0.208 e. The summed E-state index contributed by atoms with van der Waals surface area (Å²) in [6.07, 6.45) is 0. The van der Waals surface area contributed by atoms with Crippen molar-refractivity contribution in [1.82, 2.24) is 15.0 Å². The van der Waals surface area contributed by atoms with Crippen molar-refractivity contribution in [1.29, 1.82) is 0 Å². The van der Waals surface area contributed by atoms with Crippen molar-refractivity contribution in [2.24, 2.45) is 0 Å². The van der Waals surface area contributed by atoms with Gasteiger partial charge in [0.05, 0.1) is 0 Å². The van der Waals surface area contributed by atoms with Gasteiger partial charge in [-0.05, 0) is 46.0 Å². The second-order valence-corrected chi connectivity index (χ2v) is 16.1. The van der Waals surface area contributed by atoms with E-state index in [1.54, 1.807) is 0 Å². The molecule has 5 heteroatoms. The van der Waals surface area contributed by atoms with E-state index < -0.39 is 0 Å². The van der Waals surface area contributed by atoms with Gasteiger partial charge in [-0.1, -0.05) is 170 Å². The molecule has 3 aromatic heterocycles. The molecule has 0 N–H and O–H groups in total. The molecule has 262 valence electrons. The first kappa shape index (κ1) is 32.6. The normalized spacial score (nSPS) is 11.6. The summed E-state index contributed by atoms with van der Waals surface area (Å²) in [5.74, 6) is 1.96. The summed E-state index contributed by atoms with van der Waals surface area (Å²) in [6.45, 7) is 0. The molecule has 0 aliphatic carbocycles. The van der Waals surface area contributed by atoms with Crippen molar-refractivity contribution < 1.29 is 0 Å². The standard InChI is InChI=1S/C51H31N3S2/c1-3-12-32(13-4-1)33-22-24-35(25-23-33)50-52-49(34-14-5-2-6-15-34)53-51(54-50)37-27-29-42-44-20-11-19-43(48(44)56-47(42)31-37)39-17-8-7-16-38(39)36-26-28-41-40-18-9-10-21-45(40)55-46(41)30-36/h1-31H. The SMILES string of the molecule is c1ccc(-c2ccc(-c3nc(-c4ccccc4)nc(-c4ccc5c(c4)sc4c(-c6ccccc6-c6ccc7c(c6)sc6ccccc67)cccc45)n3)cc2)cc1. The van der Waals surface area contributed by atoms with Gasteiger partial charge in [0.2, 0.25) is 0 Å². The lowest BCUT2D eigenvalue weighted by Crippen LogP contribution is -2.00. The predicted octanol–water partition coefficient (Wildman–Crippen LogP) is 14.6. The van der Waals surface area contributed by atoms with Gasteiger partial charge in [-0.15, -0.1) is 22.7 Å². The molecule has 0 saturated heterocycles. The molecule has 8 aromatic carbocycles. The zero-order valence-electron chi connectivity index (χ0n) is 30.1. The van der Waals surface area contributed by atoms with Crippen molar-refractivity contribution >= 4 is 63.0 Å². The van der Waals surface area contributed by atoms with Gasteiger partial charge < -0.3 is 0 Å². The van der Waals surface area contributed by atoms with E-state index in [-0.39, 0.29) is 0 Å². The first-order chi connectivity index (χ1) is 27.7. The van der Waals surface area contributed by atoms with E-state index in [1.807, 2.05) is 46.9 Å². The second kappa shape index (κ2) is 13.5. The Kier molecular flexibility index (Phi) is 7.87. The van der Waals surface area contributed by atoms with Gasteiger partial charge in [-0.25, -0.2) is 15.0 Å². The van der Waals surface area contributed by atoms with Crippen LogP contribution in [0.15, 0.2) is 188 Å². The topological polar surface area (TPSA) is 38.7 Å². The fourth-order valence-electron chi connectivity index (χ4n) is 7.81. The molecular formula is C51H31N3S2. The Balaban J connectivity index is 1.01. The molecule has 3 nitrogen and oxygen atoms in total. The van der Waals surface area contributed by atoms with Crippen LogP contribution in [0.2, 0.25) is 0 Å². The van der Waals surface area contributed by atoms with E-state index in [9.17, 15) is 0 Å². The van der Waals surface area contributed by atoms with E-state index in [2.05, 4.69) is 164 Å². The van der Waals surface area contributed by atoms with Crippen LogP contribution in [0.3, 0.4) is 0 Å². The van der Waals surface area contributed by atoms with Crippen LogP contribution < -0.4 is 0 Å². The average Bonchev–Trinajstić information content (AvgIpc) is 3.85. The second-order valence-electron chi connectivity index (χ2n) is 14.0. The zero-order valence-corrected chi connectivity index (χ0v) is 31.7. The molecule has 0 amide bonds. The predicted molar refractivity (Wildman–Crippen MR) is 238 cm³/mol. The van der Waals surface area contributed by atoms with E-state index in [4.69, 9.17) is 15.0 Å².